The maximum absolute atomic E-state index is 12.0. The van der Waals surface area contributed by atoms with Gasteiger partial charge in [0.2, 0.25) is 5.91 Å². The van der Waals surface area contributed by atoms with Crippen molar-refractivity contribution in [3.05, 3.63) is 28.8 Å². The van der Waals surface area contributed by atoms with E-state index in [4.69, 9.17) is 16.7 Å². The number of hydrogen-bond acceptors (Lipinski definition) is 3. The van der Waals surface area contributed by atoms with Gasteiger partial charge in [0.1, 0.15) is 0 Å². The van der Waals surface area contributed by atoms with Gasteiger partial charge >= 0.3 is 0 Å². The third kappa shape index (κ3) is 3.70. The van der Waals surface area contributed by atoms with E-state index in [1.807, 2.05) is 13.0 Å². The minimum Gasteiger partial charge on any atom is -0.395 e. The van der Waals surface area contributed by atoms with E-state index in [1.54, 1.807) is 31.0 Å². The molecule has 1 aromatic carbocycles. The molecule has 0 saturated carbocycles. The Balaban J connectivity index is 2.72. The SMILES string of the molecule is Cc1c(Cl)cccc1NC(=O)C(C)N(C)CCO. The molecule has 0 spiro atoms. The van der Waals surface area contributed by atoms with Gasteiger partial charge < -0.3 is 10.4 Å². The van der Waals surface area contributed by atoms with Crippen LogP contribution in [0, 0.1) is 6.92 Å². The Hall–Kier alpha value is -1.10. The summed E-state index contributed by atoms with van der Waals surface area (Å²) in [5.74, 6) is -0.115. The lowest BCUT2D eigenvalue weighted by Crippen LogP contribution is -2.41. The maximum Gasteiger partial charge on any atom is 0.241 e. The van der Waals surface area contributed by atoms with E-state index in [2.05, 4.69) is 5.32 Å². The van der Waals surface area contributed by atoms with E-state index >= 15 is 0 Å². The molecule has 0 aliphatic carbocycles. The molecule has 0 fully saturated rings. The van der Waals surface area contributed by atoms with Crippen LogP contribution in [0.1, 0.15) is 12.5 Å². The van der Waals surface area contributed by atoms with Crippen LogP contribution in [-0.2, 0) is 4.79 Å². The number of nitrogens with one attached hydrogen (secondary N) is 1. The molecular weight excluding hydrogens is 252 g/mol. The van der Waals surface area contributed by atoms with Crippen molar-refractivity contribution in [3.63, 3.8) is 0 Å². The number of anilines is 1. The summed E-state index contributed by atoms with van der Waals surface area (Å²) >= 11 is 5.99. The second-order valence-corrected chi connectivity index (χ2v) is 4.69. The molecule has 1 atom stereocenters. The smallest absolute Gasteiger partial charge is 0.241 e. The Labute approximate surface area is 113 Å². The van der Waals surface area contributed by atoms with E-state index in [0.717, 1.165) is 11.3 Å². The van der Waals surface area contributed by atoms with Gasteiger partial charge in [-0.25, -0.2) is 0 Å². The van der Waals surface area contributed by atoms with Crippen molar-refractivity contribution in [3.8, 4) is 0 Å². The molecule has 0 radical (unpaired) electrons. The Bertz CT molecular complexity index is 423. The molecule has 100 valence electrons. The highest BCUT2D eigenvalue weighted by molar-refractivity contribution is 6.31. The van der Waals surface area contributed by atoms with Crippen molar-refractivity contribution in [2.24, 2.45) is 0 Å². The number of aliphatic hydroxyl groups is 1. The molecule has 0 aliphatic heterocycles. The van der Waals surface area contributed by atoms with Crippen molar-refractivity contribution in [1.29, 1.82) is 0 Å². The van der Waals surface area contributed by atoms with Crippen molar-refractivity contribution in [2.45, 2.75) is 19.9 Å². The number of hydrogen-bond donors (Lipinski definition) is 2. The highest BCUT2D eigenvalue weighted by Gasteiger charge is 2.18. The third-order valence-electron chi connectivity index (χ3n) is 3.02. The van der Waals surface area contributed by atoms with Crippen LogP contribution in [0.2, 0.25) is 5.02 Å². The molecule has 1 amide bonds. The molecule has 1 unspecified atom stereocenters. The van der Waals surface area contributed by atoms with Crippen molar-refractivity contribution < 1.29 is 9.90 Å². The number of likely N-dealkylation sites (N-methyl/N-ethyl adjacent to an activating group) is 1. The number of rotatable bonds is 5. The van der Waals surface area contributed by atoms with Gasteiger partial charge in [-0.05, 0) is 38.6 Å². The molecule has 0 heterocycles. The molecule has 18 heavy (non-hydrogen) atoms. The number of nitrogens with zero attached hydrogens (tertiary/aromatic N) is 1. The van der Waals surface area contributed by atoms with Crippen molar-refractivity contribution in [1.82, 2.24) is 4.90 Å². The van der Waals surface area contributed by atoms with Gasteiger partial charge in [0.15, 0.2) is 0 Å². The summed E-state index contributed by atoms with van der Waals surface area (Å²) in [7, 11) is 1.80. The average Bonchev–Trinajstić information content (AvgIpc) is 2.34. The van der Waals surface area contributed by atoms with Crippen LogP contribution in [0.15, 0.2) is 18.2 Å². The van der Waals surface area contributed by atoms with Crippen LogP contribution >= 0.6 is 11.6 Å². The van der Waals surface area contributed by atoms with Gasteiger partial charge in [-0.15, -0.1) is 0 Å². The number of aliphatic hydroxyl groups excluding tert-OH is 1. The van der Waals surface area contributed by atoms with Crippen molar-refractivity contribution >= 4 is 23.2 Å². The fourth-order valence-corrected chi connectivity index (χ4v) is 1.71. The molecule has 1 rings (SSSR count). The van der Waals surface area contributed by atoms with Crippen LogP contribution in [-0.4, -0.2) is 42.2 Å². The molecule has 0 bridgehead atoms. The van der Waals surface area contributed by atoms with Crippen LogP contribution in [0.4, 0.5) is 5.69 Å². The summed E-state index contributed by atoms with van der Waals surface area (Å²) < 4.78 is 0. The number of halogens is 1. The van der Waals surface area contributed by atoms with Gasteiger partial charge in [0.25, 0.3) is 0 Å². The summed E-state index contributed by atoms with van der Waals surface area (Å²) in [6.45, 7) is 4.15. The minimum absolute atomic E-state index is 0.0321. The lowest BCUT2D eigenvalue weighted by molar-refractivity contribution is -0.120. The van der Waals surface area contributed by atoms with Gasteiger partial charge in [-0.3, -0.25) is 9.69 Å². The predicted molar refractivity (Wildman–Crippen MR) is 74.0 cm³/mol. The lowest BCUT2D eigenvalue weighted by atomic mass is 10.2. The quantitative estimate of drug-likeness (QED) is 0.859. The maximum atomic E-state index is 12.0. The highest BCUT2D eigenvalue weighted by atomic mass is 35.5. The van der Waals surface area contributed by atoms with E-state index in [0.29, 0.717) is 11.6 Å². The Morgan fingerprint density at radius 3 is 2.83 bits per heavy atom. The normalized spacial score (nSPS) is 12.6. The molecular formula is C13H19ClN2O2. The molecule has 4 nitrogen and oxygen atoms in total. The molecule has 0 aromatic heterocycles. The second kappa shape index (κ2) is 6.73. The van der Waals surface area contributed by atoms with Gasteiger partial charge in [-0.1, -0.05) is 17.7 Å². The van der Waals surface area contributed by atoms with Gasteiger partial charge in [0, 0.05) is 17.3 Å². The second-order valence-electron chi connectivity index (χ2n) is 4.28. The molecule has 0 aliphatic rings. The Kier molecular flexibility index (Phi) is 5.59. The van der Waals surface area contributed by atoms with Gasteiger partial charge in [0.05, 0.1) is 12.6 Å². The highest BCUT2D eigenvalue weighted by Crippen LogP contribution is 2.23. The van der Waals surface area contributed by atoms with E-state index in [9.17, 15) is 4.79 Å². The first-order valence-corrected chi connectivity index (χ1v) is 6.22. The number of carbonyl (C=O) groups is 1. The van der Waals surface area contributed by atoms with Crippen LogP contribution < -0.4 is 5.32 Å². The minimum atomic E-state index is -0.310. The lowest BCUT2D eigenvalue weighted by Gasteiger charge is -2.23. The van der Waals surface area contributed by atoms with Crippen LogP contribution in [0.5, 0.6) is 0 Å². The van der Waals surface area contributed by atoms with Gasteiger partial charge in [-0.2, -0.15) is 0 Å². The fourth-order valence-electron chi connectivity index (χ4n) is 1.53. The Morgan fingerprint density at radius 2 is 2.22 bits per heavy atom. The first-order valence-electron chi connectivity index (χ1n) is 5.84. The summed E-state index contributed by atoms with van der Waals surface area (Å²) in [5, 5.41) is 12.3. The third-order valence-corrected chi connectivity index (χ3v) is 3.43. The average molecular weight is 271 g/mol. The largest absolute Gasteiger partial charge is 0.395 e. The molecule has 1 aromatic rings. The van der Waals surface area contributed by atoms with Crippen molar-refractivity contribution in [2.75, 3.05) is 25.5 Å². The predicted octanol–water partition coefficient (Wildman–Crippen LogP) is 1.90. The zero-order chi connectivity index (χ0) is 13.7. The monoisotopic (exact) mass is 270 g/mol. The fraction of sp³-hybridized carbons (Fsp3) is 0.462. The van der Waals surface area contributed by atoms with E-state index in [-0.39, 0.29) is 18.6 Å². The Morgan fingerprint density at radius 1 is 1.56 bits per heavy atom. The number of carbonyl (C=O) groups excluding carboxylic acids is 1. The van der Waals surface area contributed by atoms with Crippen LogP contribution in [0.3, 0.4) is 0 Å². The summed E-state index contributed by atoms with van der Waals surface area (Å²) in [6, 6.07) is 5.09. The molecule has 5 heteroatoms. The summed E-state index contributed by atoms with van der Waals surface area (Å²) in [6.07, 6.45) is 0. The molecule has 0 saturated heterocycles. The summed E-state index contributed by atoms with van der Waals surface area (Å²) in [5.41, 5.74) is 1.57. The number of benzene rings is 1. The number of amides is 1. The zero-order valence-corrected chi connectivity index (χ0v) is 11.7. The molecule has 2 N–H and O–H groups in total. The topological polar surface area (TPSA) is 52.6 Å². The first kappa shape index (κ1) is 15.0. The van der Waals surface area contributed by atoms with E-state index in [1.165, 1.54) is 0 Å². The standard InChI is InChI=1S/C13H19ClN2O2/c1-9-11(14)5-4-6-12(9)15-13(18)10(2)16(3)7-8-17/h4-6,10,17H,7-8H2,1-3H3,(H,15,18). The first-order chi connectivity index (χ1) is 8.47. The van der Waals surface area contributed by atoms with E-state index < -0.39 is 0 Å². The van der Waals surface area contributed by atoms with Crippen LogP contribution in [0.25, 0.3) is 0 Å². The zero-order valence-electron chi connectivity index (χ0n) is 10.9. The summed E-state index contributed by atoms with van der Waals surface area (Å²) in [4.78, 5) is 13.8.